The summed E-state index contributed by atoms with van der Waals surface area (Å²) in [4.78, 5) is 12.2. The van der Waals surface area contributed by atoms with Crippen molar-refractivity contribution >= 4 is 15.9 Å². The van der Waals surface area contributed by atoms with E-state index < -0.39 is 44.9 Å². The first-order chi connectivity index (χ1) is 8.83. The number of nitrogens with zero attached hydrogens (tertiary/aromatic N) is 1. The number of rotatable bonds is 3. The summed E-state index contributed by atoms with van der Waals surface area (Å²) in [5.74, 6) is -7.43. The third kappa shape index (κ3) is 1.42. The Kier molecular flexibility index (Phi) is 2.59. The SMILES string of the molecule is CCCCN1C(=O)C2C3C=CC(C2S1(=O)=O)C3(F)F. The molecule has 2 fully saturated rings. The van der Waals surface area contributed by atoms with E-state index in [1.807, 2.05) is 6.92 Å². The zero-order chi connectivity index (χ0) is 14.0. The molecular formula is C12H15F2NO3S. The van der Waals surface area contributed by atoms with E-state index in [9.17, 15) is 22.0 Å². The smallest absolute Gasteiger partial charge is 0.262 e. The second-order valence-electron chi connectivity index (χ2n) is 5.41. The minimum Gasteiger partial charge on any atom is -0.273 e. The van der Waals surface area contributed by atoms with Crippen LogP contribution in [0, 0.1) is 17.8 Å². The maximum Gasteiger partial charge on any atom is 0.262 e. The largest absolute Gasteiger partial charge is 0.273 e. The van der Waals surface area contributed by atoms with E-state index in [0.29, 0.717) is 6.42 Å². The Morgan fingerprint density at radius 3 is 2.53 bits per heavy atom. The highest BCUT2D eigenvalue weighted by molar-refractivity contribution is 7.90. The average molecular weight is 291 g/mol. The monoisotopic (exact) mass is 291 g/mol. The van der Waals surface area contributed by atoms with E-state index in [1.54, 1.807) is 0 Å². The quantitative estimate of drug-likeness (QED) is 0.738. The predicted octanol–water partition coefficient (Wildman–Crippen LogP) is 1.39. The Balaban J connectivity index is 2.00. The summed E-state index contributed by atoms with van der Waals surface area (Å²) in [7, 11) is -3.94. The molecular weight excluding hydrogens is 276 g/mol. The standard InChI is InChI=1S/C12H15F2NO3S/c1-2-3-6-15-11(16)9-7-4-5-8(12(7,13)14)10(9)19(15,17)18/h4-5,7-10H,2-3,6H2,1H3. The van der Waals surface area contributed by atoms with Gasteiger partial charge in [-0.25, -0.2) is 21.5 Å². The highest BCUT2D eigenvalue weighted by Gasteiger charge is 2.73. The Labute approximate surface area is 110 Å². The maximum atomic E-state index is 13.9. The summed E-state index contributed by atoms with van der Waals surface area (Å²) in [5, 5.41) is -1.26. The molecule has 1 saturated heterocycles. The lowest BCUT2D eigenvalue weighted by Crippen LogP contribution is -2.39. The third-order valence-electron chi connectivity index (χ3n) is 4.41. The van der Waals surface area contributed by atoms with Gasteiger partial charge in [-0.15, -0.1) is 0 Å². The van der Waals surface area contributed by atoms with E-state index in [0.717, 1.165) is 10.7 Å². The molecule has 0 spiro atoms. The van der Waals surface area contributed by atoms with Crippen molar-refractivity contribution < 1.29 is 22.0 Å². The van der Waals surface area contributed by atoms with Gasteiger partial charge in [0.1, 0.15) is 5.25 Å². The molecule has 19 heavy (non-hydrogen) atoms. The Bertz CT molecular complexity index is 557. The summed E-state index contributed by atoms with van der Waals surface area (Å²) in [6.07, 6.45) is 3.88. The fourth-order valence-corrected chi connectivity index (χ4v) is 5.82. The van der Waals surface area contributed by atoms with Gasteiger partial charge >= 0.3 is 0 Å². The van der Waals surface area contributed by atoms with Crippen LogP contribution in [0.15, 0.2) is 12.2 Å². The first-order valence-electron chi connectivity index (χ1n) is 6.45. The molecule has 0 aromatic carbocycles. The van der Waals surface area contributed by atoms with Gasteiger partial charge in [-0.3, -0.25) is 4.79 Å². The Hall–Kier alpha value is -0.980. The van der Waals surface area contributed by atoms with Crippen molar-refractivity contribution in [1.82, 2.24) is 4.31 Å². The molecule has 106 valence electrons. The number of unbranched alkanes of at least 4 members (excludes halogenated alkanes) is 1. The maximum absolute atomic E-state index is 13.9. The number of fused-ring (bicyclic) bond motifs is 5. The zero-order valence-corrected chi connectivity index (χ0v) is 11.2. The van der Waals surface area contributed by atoms with Crippen molar-refractivity contribution in [3.8, 4) is 0 Å². The number of hydrogen-bond acceptors (Lipinski definition) is 3. The molecule has 0 aromatic heterocycles. The van der Waals surface area contributed by atoms with E-state index in [4.69, 9.17) is 0 Å². The molecule has 1 amide bonds. The lowest BCUT2D eigenvalue weighted by Gasteiger charge is -2.22. The number of carbonyl (C=O) groups excluding carboxylic acids is 1. The second-order valence-corrected chi connectivity index (χ2v) is 7.43. The van der Waals surface area contributed by atoms with Gasteiger partial charge in [-0.1, -0.05) is 25.5 Å². The molecule has 2 aliphatic carbocycles. The fourth-order valence-electron chi connectivity index (χ4n) is 3.48. The van der Waals surface area contributed by atoms with Crippen molar-refractivity contribution in [3.63, 3.8) is 0 Å². The number of alkyl halides is 2. The second kappa shape index (κ2) is 3.77. The molecule has 0 radical (unpaired) electrons. The molecule has 0 N–H and O–H groups in total. The van der Waals surface area contributed by atoms with Crippen LogP contribution in [-0.2, 0) is 14.8 Å². The van der Waals surface area contributed by atoms with Crippen LogP contribution < -0.4 is 0 Å². The van der Waals surface area contributed by atoms with E-state index in [2.05, 4.69) is 0 Å². The molecule has 3 aliphatic rings. The van der Waals surface area contributed by atoms with Gasteiger partial charge in [-0.2, -0.15) is 0 Å². The minimum absolute atomic E-state index is 0.107. The van der Waals surface area contributed by atoms with Crippen molar-refractivity contribution in [2.24, 2.45) is 17.8 Å². The van der Waals surface area contributed by atoms with E-state index in [1.165, 1.54) is 12.2 Å². The predicted molar refractivity (Wildman–Crippen MR) is 63.9 cm³/mol. The van der Waals surface area contributed by atoms with Gasteiger partial charge in [0.2, 0.25) is 15.9 Å². The van der Waals surface area contributed by atoms with Crippen LogP contribution in [0.25, 0.3) is 0 Å². The zero-order valence-electron chi connectivity index (χ0n) is 10.4. The molecule has 1 heterocycles. The number of carbonyl (C=O) groups is 1. The summed E-state index contributed by atoms with van der Waals surface area (Å²) in [6, 6.07) is 0. The number of sulfonamides is 1. The fraction of sp³-hybridized carbons (Fsp3) is 0.750. The normalized spacial score (nSPS) is 41.0. The number of amides is 1. The molecule has 1 aliphatic heterocycles. The molecule has 2 bridgehead atoms. The third-order valence-corrected chi connectivity index (χ3v) is 6.66. The van der Waals surface area contributed by atoms with E-state index in [-0.39, 0.29) is 6.54 Å². The van der Waals surface area contributed by atoms with Crippen LogP contribution in [0.3, 0.4) is 0 Å². The summed E-state index contributed by atoms with van der Waals surface area (Å²) < 4.78 is 53.3. The van der Waals surface area contributed by atoms with Crippen LogP contribution in [0.5, 0.6) is 0 Å². The van der Waals surface area contributed by atoms with Crippen molar-refractivity contribution in [1.29, 1.82) is 0 Å². The van der Waals surface area contributed by atoms with Crippen LogP contribution in [-0.4, -0.2) is 36.3 Å². The summed E-state index contributed by atoms with van der Waals surface area (Å²) >= 11 is 0. The first kappa shape index (κ1) is 13.0. The molecule has 4 unspecified atom stereocenters. The van der Waals surface area contributed by atoms with Gasteiger partial charge in [-0.05, 0) is 6.42 Å². The van der Waals surface area contributed by atoms with Gasteiger partial charge in [0.05, 0.1) is 17.8 Å². The van der Waals surface area contributed by atoms with Gasteiger partial charge in [0, 0.05) is 6.54 Å². The number of halogens is 2. The molecule has 3 rings (SSSR count). The van der Waals surface area contributed by atoms with Crippen LogP contribution >= 0.6 is 0 Å². The van der Waals surface area contributed by atoms with Crippen molar-refractivity contribution in [2.45, 2.75) is 30.9 Å². The molecule has 0 aromatic rings. The van der Waals surface area contributed by atoms with E-state index >= 15 is 0 Å². The lowest BCUT2D eigenvalue weighted by atomic mass is 9.92. The average Bonchev–Trinajstić information content (AvgIpc) is 2.82. The van der Waals surface area contributed by atoms with Crippen molar-refractivity contribution in [3.05, 3.63) is 12.2 Å². The Morgan fingerprint density at radius 2 is 1.95 bits per heavy atom. The first-order valence-corrected chi connectivity index (χ1v) is 7.95. The van der Waals surface area contributed by atoms with Crippen LogP contribution in [0.4, 0.5) is 8.78 Å². The molecule has 4 atom stereocenters. The van der Waals surface area contributed by atoms with Gasteiger partial charge in [0.25, 0.3) is 5.92 Å². The lowest BCUT2D eigenvalue weighted by molar-refractivity contribution is -0.132. The summed E-state index contributed by atoms with van der Waals surface area (Å²) in [6.45, 7) is 1.99. The van der Waals surface area contributed by atoms with Crippen molar-refractivity contribution in [2.75, 3.05) is 6.54 Å². The van der Waals surface area contributed by atoms with Gasteiger partial charge < -0.3 is 0 Å². The number of hydrogen-bond donors (Lipinski definition) is 0. The highest BCUT2D eigenvalue weighted by Crippen LogP contribution is 2.59. The summed E-state index contributed by atoms with van der Waals surface area (Å²) in [5.41, 5.74) is 0. The Morgan fingerprint density at radius 1 is 1.32 bits per heavy atom. The van der Waals surface area contributed by atoms with Crippen LogP contribution in [0.2, 0.25) is 0 Å². The number of allylic oxidation sites excluding steroid dienone is 2. The minimum atomic E-state index is -3.94. The molecule has 4 nitrogen and oxygen atoms in total. The topological polar surface area (TPSA) is 54.5 Å². The molecule has 1 saturated carbocycles. The van der Waals surface area contributed by atoms with Crippen LogP contribution in [0.1, 0.15) is 19.8 Å². The molecule has 7 heteroatoms. The van der Waals surface area contributed by atoms with Gasteiger partial charge in [0.15, 0.2) is 0 Å². The highest BCUT2D eigenvalue weighted by atomic mass is 32.2.